The molecular weight excluding hydrogens is 879 g/mol. The van der Waals surface area contributed by atoms with Gasteiger partial charge in [-0.1, -0.05) is 85.1 Å². The van der Waals surface area contributed by atoms with Crippen molar-refractivity contribution in [2.75, 3.05) is 53.9 Å². The zero-order valence-corrected chi connectivity index (χ0v) is 44.6. The summed E-state index contributed by atoms with van der Waals surface area (Å²) in [6.45, 7) is 20.2. The molecule has 0 fully saturated rings. The molecule has 4 atom stereocenters. The van der Waals surface area contributed by atoms with Gasteiger partial charge in [-0.15, -0.1) is 0 Å². The van der Waals surface area contributed by atoms with Crippen LogP contribution in [0.4, 0.5) is 0 Å². The van der Waals surface area contributed by atoms with Gasteiger partial charge < -0.3 is 90.3 Å². The van der Waals surface area contributed by atoms with E-state index in [4.69, 9.17) is 54.8 Å². The maximum Gasteiger partial charge on any atom is 0.185 e. The van der Waals surface area contributed by atoms with Crippen LogP contribution in [0.5, 0.6) is 11.5 Å². The third-order valence-corrected chi connectivity index (χ3v) is 9.10. The molecule has 0 aliphatic carbocycles. The van der Waals surface area contributed by atoms with Crippen LogP contribution in [0.2, 0.25) is 0 Å². The molecule has 0 radical (unpaired) electrons. The highest BCUT2D eigenvalue weighted by Crippen LogP contribution is 2.27. The first kappa shape index (κ1) is 75.8. The summed E-state index contributed by atoms with van der Waals surface area (Å²) in [5, 5.41) is 15.1. The Morgan fingerprint density at radius 1 is 0.638 bits per heavy atom. The number of carbonyl (C=O) groups is 5. The number of benzene rings is 2. The first-order valence-corrected chi connectivity index (χ1v) is 24.2. The Labute approximate surface area is 417 Å². The van der Waals surface area contributed by atoms with E-state index in [2.05, 4.69) is 75.0 Å². The molecule has 0 amide bonds. The maximum absolute atomic E-state index is 10.0. The molecule has 2 rings (SSSR count). The SMILES string of the molecule is CC.CC(C)c1cccc(O)c1.CNCCCCC(N)C=O.CNCCCCC(N)C=O.COc1c(C)cc(C(C)C)cc1C.NC(N)=NCCCC(N)C=O.NCC=O.NCCCCC(N)C=O. The van der Waals surface area contributed by atoms with E-state index >= 15 is 0 Å². The summed E-state index contributed by atoms with van der Waals surface area (Å²) in [6, 6.07) is 10.6. The second-order valence-corrected chi connectivity index (χ2v) is 16.1. The van der Waals surface area contributed by atoms with Crippen LogP contribution in [0.1, 0.15) is 146 Å². The average molecular weight is 980 g/mol. The number of hydrogen-bond acceptors (Lipinski definition) is 16. The molecule has 4 unspecified atom stereocenters. The zero-order valence-electron chi connectivity index (χ0n) is 44.6. The van der Waals surface area contributed by atoms with Crippen LogP contribution in [0, 0.1) is 13.8 Å². The minimum atomic E-state index is -0.385. The molecule has 0 aliphatic heterocycles. The van der Waals surface area contributed by atoms with Crippen molar-refractivity contribution in [2.45, 2.75) is 162 Å². The quantitative estimate of drug-likeness (QED) is 0.0273. The minimum absolute atomic E-state index is 0.0738. The Morgan fingerprint density at radius 3 is 1.29 bits per heavy atom. The predicted molar refractivity (Wildman–Crippen MR) is 290 cm³/mol. The number of nitrogens with two attached hydrogens (primary N) is 8. The monoisotopic (exact) mass is 980 g/mol. The van der Waals surface area contributed by atoms with Gasteiger partial charge in [0.15, 0.2) is 5.96 Å². The zero-order chi connectivity index (χ0) is 54.4. The van der Waals surface area contributed by atoms with Crippen molar-refractivity contribution in [1.29, 1.82) is 0 Å². The maximum atomic E-state index is 10.0. The number of aldehydes is 5. The molecule has 2 aromatic carbocycles. The highest BCUT2D eigenvalue weighted by Gasteiger charge is 2.07. The van der Waals surface area contributed by atoms with Gasteiger partial charge in [-0.05, 0) is 145 Å². The summed E-state index contributed by atoms with van der Waals surface area (Å²) in [6.07, 6.45) is 13.7. The van der Waals surface area contributed by atoms with Gasteiger partial charge in [-0.2, -0.15) is 0 Å². The number of guanidine groups is 1. The van der Waals surface area contributed by atoms with Crippen LogP contribution in [0.3, 0.4) is 0 Å². The van der Waals surface area contributed by atoms with E-state index < -0.39 is 0 Å². The van der Waals surface area contributed by atoms with Crippen molar-refractivity contribution in [3.8, 4) is 11.5 Å². The Balaban J connectivity index is -0.000000169. The number of phenols is 1. The highest BCUT2D eigenvalue weighted by atomic mass is 16.5. The smallest absolute Gasteiger partial charge is 0.185 e. The fourth-order valence-electron chi connectivity index (χ4n) is 5.22. The van der Waals surface area contributed by atoms with Gasteiger partial charge in [0.2, 0.25) is 0 Å². The van der Waals surface area contributed by atoms with Gasteiger partial charge in [0.05, 0.1) is 31.3 Å². The highest BCUT2D eigenvalue weighted by molar-refractivity contribution is 5.75. The third kappa shape index (κ3) is 57.6. The summed E-state index contributed by atoms with van der Waals surface area (Å²) in [5.74, 6) is 2.52. The second kappa shape index (κ2) is 57.7. The van der Waals surface area contributed by atoms with Crippen molar-refractivity contribution < 1.29 is 33.8 Å². The lowest BCUT2D eigenvalue weighted by molar-refractivity contribution is -0.109. The number of aliphatic imine (C=N–C) groups is 1. The molecule has 2 aromatic rings. The minimum Gasteiger partial charge on any atom is -0.508 e. The lowest BCUT2D eigenvalue weighted by atomic mass is 9.98. The first-order chi connectivity index (χ1) is 32.8. The molecule has 0 aliphatic rings. The van der Waals surface area contributed by atoms with Crippen LogP contribution in [-0.4, -0.2) is 121 Å². The molecular formula is C51H101N11O7. The van der Waals surface area contributed by atoms with Crippen molar-refractivity contribution in [1.82, 2.24) is 10.6 Å². The van der Waals surface area contributed by atoms with E-state index in [0.29, 0.717) is 43.4 Å². The normalized spacial score (nSPS) is 11.3. The lowest BCUT2D eigenvalue weighted by Crippen LogP contribution is -2.24. The number of phenolic OH excluding ortho intramolecular Hbond substituents is 1. The lowest BCUT2D eigenvalue weighted by Gasteiger charge is -2.13. The number of aromatic hydroxyl groups is 1. The predicted octanol–water partition coefficient (Wildman–Crippen LogP) is 4.13. The fraction of sp³-hybridized carbons (Fsp3) is 0.647. The fourth-order valence-corrected chi connectivity index (χ4v) is 5.22. The van der Waals surface area contributed by atoms with E-state index in [1.165, 1.54) is 22.3 Å². The number of methoxy groups -OCH3 is 1. The summed E-state index contributed by atoms with van der Waals surface area (Å²) in [4.78, 5) is 52.8. The van der Waals surface area contributed by atoms with E-state index in [9.17, 15) is 19.2 Å². The second-order valence-electron chi connectivity index (χ2n) is 16.1. The van der Waals surface area contributed by atoms with Crippen LogP contribution in [0.25, 0.3) is 0 Å². The Bertz CT molecular complexity index is 1450. The number of ether oxygens (including phenoxy) is 1. The molecule has 0 bridgehead atoms. The Morgan fingerprint density at radius 2 is 1.01 bits per heavy atom. The molecule has 0 spiro atoms. The first-order valence-electron chi connectivity index (χ1n) is 24.2. The summed E-state index contributed by atoms with van der Waals surface area (Å²) < 4.78 is 5.31. The molecule has 69 heavy (non-hydrogen) atoms. The number of nitrogens with zero attached hydrogens (tertiary/aromatic N) is 1. The van der Waals surface area contributed by atoms with Crippen LogP contribution in [-0.2, 0) is 24.0 Å². The summed E-state index contributed by atoms with van der Waals surface area (Å²) in [7, 11) is 5.56. The third-order valence-electron chi connectivity index (χ3n) is 9.10. The largest absolute Gasteiger partial charge is 0.508 e. The number of unbranched alkanes of at least 4 members (excludes halogenated alkanes) is 3. The van der Waals surface area contributed by atoms with Gasteiger partial charge in [0, 0.05) is 13.1 Å². The number of carbonyl (C=O) groups excluding carboxylic acids is 5. The molecule has 0 saturated carbocycles. The molecule has 0 saturated heterocycles. The summed E-state index contributed by atoms with van der Waals surface area (Å²) in [5.41, 5.74) is 46.4. The Hall–Kier alpha value is -4.66. The topological polar surface area (TPSA) is 359 Å². The Kier molecular flexibility index (Phi) is 63.4. The molecule has 0 heterocycles. The summed E-state index contributed by atoms with van der Waals surface area (Å²) >= 11 is 0. The molecule has 18 heteroatoms. The van der Waals surface area contributed by atoms with E-state index in [1.54, 1.807) is 19.2 Å². The van der Waals surface area contributed by atoms with Gasteiger partial charge in [0.25, 0.3) is 0 Å². The molecule has 18 nitrogen and oxygen atoms in total. The van der Waals surface area contributed by atoms with Gasteiger partial charge in [-0.25, -0.2) is 0 Å². The molecule has 19 N–H and O–H groups in total. The average Bonchev–Trinajstić information content (AvgIpc) is 3.34. The van der Waals surface area contributed by atoms with Gasteiger partial charge in [0.1, 0.15) is 42.9 Å². The van der Waals surface area contributed by atoms with Crippen molar-refractivity contribution in [3.05, 3.63) is 58.7 Å². The number of hydrogen-bond donors (Lipinski definition) is 11. The van der Waals surface area contributed by atoms with Crippen LogP contribution >= 0.6 is 0 Å². The molecule has 0 aromatic heterocycles. The van der Waals surface area contributed by atoms with Crippen molar-refractivity contribution in [3.63, 3.8) is 0 Å². The van der Waals surface area contributed by atoms with Crippen molar-refractivity contribution >= 4 is 37.4 Å². The van der Waals surface area contributed by atoms with E-state index in [-0.39, 0.29) is 36.7 Å². The van der Waals surface area contributed by atoms with Crippen LogP contribution in [0.15, 0.2) is 41.4 Å². The van der Waals surface area contributed by atoms with E-state index in [0.717, 1.165) is 108 Å². The molecule has 402 valence electrons. The van der Waals surface area contributed by atoms with Gasteiger partial charge in [-0.3, -0.25) is 4.99 Å². The van der Waals surface area contributed by atoms with Gasteiger partial charge >= 0.3 is 0 Å². The standard InChI is InChI=1S/C12H18O.C9H12O.2C7H16N2O.C6H14N4O.C6H14N2O.C2H5NO.C2H6/c1-8(2)11-6-9(3)12(13-5)10(4)7-11;1-7(2)8-4-3-5-9(10)6-8;2*1-9-5-3-2-4-7(8)6-10;7-5(4-11)2-1-3-10-6(8)9;7-4-2-1-3-6(8)5-9;3-1-2-4;1-2/h6-8H,1-5H3;3-7,10H,1-2H3;2*6-7,9H,2-5,8H2,1H3;4-5H,1-3,7H2,(H4,8,9,10);5-6H,1-4,7-8H2;2H,1,3H2;1-2H3. The number of nitrogens with one attached hydrogen (secondary N) is 2. The number of rotatable bonds is 26. The van der Waals surface area contributed by atoms with E-state index in [1.807, 2.05) is 40.1 Å². The van der Waals surface area contributed by atoms with Crippen LogP contribution < -0.4 is 61.2 Å². The number of aryl methyl sites for hydroxylation is 2. The van der Waals surface area contributed by atoms with Crippen molar-refractivity contribution in [2.24, 2.45) is 50.9 Å².